The van der Waals surface area contributed by atoms with Crippen LogP contribution in [-0.4, -0.2) is 33.6 Å². The van der Waals surface area contributed by atoms with Crippen LogP contribution in [-0.2, 0) is 21.6 Å². The normalized spacial score (nSPS) is 13.5. The van der Waals surface area contributed by atoms with Crippen molar-refractivity contribution < 1.29 is 28.9 Å². The van der Waals surface area contributed by atoms with Gasteiger partial charge in [-0.25, -0.2) is 9.18 Å². The van der Waals surface area contributed by atoms with Crippen molar-refractivity contribution in [1.29, 1.82) is 0 Å². The summed E-state index contributed by atoms with van der Waals surface area (Å²) in [5, 5.41) is 23.5. The van der Waals surface area contributed by atoms with E-state index in [-0.39, 0.29) is 18.8 Å². The lowest BCUT2D eigenvalue weighted by Crippen LogP contribution is -2.44. The van der Waals surface area contributed by atoms with Crippen molar-refractivity contribution in [1.82, 2.24) is 0 Å². The highest BCUT2D eigenvalue weighted by Crippen LogP contribution is 2.38. The van der Waals surface area contributed by atoms with Crippen LogP contribution in [0.2, 0.25) is 0 Å². The van der Waals surface area contributed by atoms with E-state index in [4.69, 9.17) is 16.3 Å². The fourth-order valence-corrected chi connectivity index (χ4v) is 3.56. The topological polar surface area (TPSA) is 95.9 Å². The molecule has 0 spiro atoms. The van der Waals surface area contributed by atoms with Crippen molar-refractivity contribution >= 4 is 29.2 Å². The molecule has 0 saturated carbocycles. The Kier molecular flexibility index (Phi) is 11.3. The SMILES string of the molecule is C=C(C)CCl.C=CC.CC(O)(CC(C)(C)c1cc(F)ccc1O)C(=O)Nc1ccc2c(c1)COC2=O. The van der Waals surface area contributed by atoms with E-state index < -0.39 is 28.7 Å². The molecule has 1 aliphatic rings. The third-order valence-corrected chi connectivity index (χ3v) is 5.59. The standard InChI is InChI=1S/C21H22FNO5.C4H7Cl.C3H6/c1-20(2,16-9-13(22)4-7-17(16)24)11-21(3,27)19(26)23-14-5-6-15-12(8-14)10-28-18(15)25;1-4(2)3-5;1-3-2/h4-9,24,27H,10-11H2,1-3H3,(H,23,26);1,3H2,2H3;3H,1H2,2H3. The molecular weight excluding hydrogens is 485 g/mol. The van der Waals surface area contributed by atoms with Crippen molar-refractivity contribution in [2.45, 2.75) is 58.7 Å². The summed E-state index contributed by atoms with van der Waals surface area (Å²) in [5.41, 5.74) is 0.174. The Morgan fingerprint density at radius 1 is 1.25 bits per heavy atom. The summed E-state index contributed by atoms with van der Waals surface area (Å²) in [4.78, 5) is 24.2. The maximum Gasteiger partial charge on any atom is 0.338 e. The number of rotatable bonds is 6. The second-order valence-electron chi connectivity index (χ2n) is 9.40. The van der Waals surface area contributed by atoms with Crippen molar-refractivity contribution in [3.05, 3.63) is 83.7 Å². The number of phenols is 1. The predicted molar refractivity (Wildman–Crippen MR) is 142 cm³/mol. The number of carbonyl (C=O) groups is 2. The van der Waals surface area contributed by atoms with Crippen LogP contribution in [0.25, 0.3) is 0 Å². The number of anilines is 1. The third-order valence-electron chi connectivity index (χ3n) is 5.13. The number of hydrogen-bond donors (Lipinski definition) is 3. The Labute approximate surface area is 217 Å². The first-order valence-corrected chi connectivity index (χ1v) is 11.8. The molecule has 2 aromatic rings. The summed E-state index contributed by atoms with van der Waals surface area (Å²) in [7, 11) is 0. The molecule has 1 heterocycles. The lowest BCUT2D eigenvalue weighted by molar-refractivity contribution is -0.134. The quantitative estimate of drug-likeness (QED) is 0.238. The molecule has 3 N–H and O–H groups in total. The van der Waals surface area contributed by atoms with Crippen LogP contribution in [0.5, 0.6) is 5.75 Å². The van der Waals surface area contributed by atoms with Crippen molar-refractivity contribution in [3.63, 3.8) is 0 Å². The number of amides is 1. The molecule has 3 rings (SSSR count). The van der Waals surface area contributed by atoms with Crippen LogP contribution in [0.15, 0.2) is 61.2 Å². The Hall–Kier alpha value is -3.16. The minimum Gasteiger partial charge on any atom is -0.508 e. The van der Waals surface area contributed by atoms with Gasteiger partial charge in [-0.15, -0.1) is 18.2 Å². The summed E-state index contributed by atoms with van der Waals surface area (Å²) < 4.78 is 18.5. The highest BCUT2D eigenvalue weighted by molar-refractivity contribution is 6.19. The number of ether oxygens (including phenoxy) is 1. The molecule has 6 nitrogen and oxygen atoms in total. The summed E-state index contributed by atoms with van der Waals surface area (Å²) in [6, 6.07) is 8.32. The van der Waals surface area contributed by atoms with Crippen LogP contribution in [0.3, 0.4) is 0 Å². The molecule has 0 radical (unpaired) electrons. The van der Waals surface area contributed by atoms with Crippen molar-refractivity contribution in [2.24, 2.45) is 0 Å². The maximum atomic E-state index is 13.6. The maximum absolute atomic E-state index is 13.6. The average molecular weight is 520 g/mol. The molecular formula is C28H35ClFNO5. The lowest BCUT2D eigenvalue weighted by atomic mass is 9.75. The molecule has 1 atom stereocenters. The third kappa shape index (κ3) is 8.81. The zero-order valence-corrected chi connectivity index (χ0v) is 22.2. The number of carbonyl (C=O) groups excluding carboxylic acids is 2. The van der Waals surface area contributed by atoms with Gasteiger partial charge in [0.1, 0.15) is 23.8 Å². The molecule has 1 amide bonds. The molecule has 8 heteroatoms. The van der Waals surface area contributed by atoms with E-state index in [1.165, 1.54) is 19.1 Å². The zero-order valence-electron chi connectivity index (χ0n) is 21.5. The number of cyclic esters (lactones) is 1. The van der Waals surface area contributed by atoms with E-state index in [1.54, 1.807) is 38.1 Å². The van der Waals surface area contributed by atoms with E-state index in [0.717, 1.165) is 11.6 Å². The molecule has 0 saturated heterocycles. The summed E-state index contributed by atoms with van der Waals surface area (Å²) in [6.45, 7) is 15.6. The molecule has 0 fully saturated rings. The van der Waals surface area contributed by atoms with Gasteiger partial charge in [0, 0.05) is 22.7 Å². The van der Waals surface area contributed by atoms with Gasteiger partial charge in [-0.05, 0) is 69.0 Å². The number of nitrogens with one attached hydrogen (secondary N) is 1. The number of phenolic OH excluding ortho intramolecular Hbond substituents is 1. The van der Waals surface area contributed by atoms with Crippen LogP contribution in [0.4, 0.5) is 10.1 Å². The minimum absolute atomic E-state index is 0.0601. The summed E-state index contributed by atoms with van der Waals surface area (Å²) >= 11 is 5.24. The van der Waals surface area contributed by atoms with Gasteiger partial charge in [0.2, 0.25) is 0 Å². The van der Waals surface area contributed by atoms with Crippen molar-refractivity contribution in [3.8, 4) is 5.75 Å². The van der Waals surface area contributed by atoms with Gasteiger partial charge < -0.3 is 20.3 Å². The van der Waals surface area contributed by atoms with Gasteiger partial charge in [0.05, 0.1) is 5.56 Å². The van der Waals surface area contributed by atoms with Gasteiger partial charge in [0.15, 0.2) is 0 Å². The number of benzene rings is 2. The first-order chi connectivity index (χ1) is 16.7. The molecule has 2 aromatic carbocycles. The number of aromatic hydroxyl groups is 1. The van der Waals surface area contributed by atoms with Crippen LogP contribution in [0.1, 0.15) is 62.5 Å². The highest BCUT2D eigenvalue weighted by Gasteiger charge is 2.39. The van der Waals surface area contributed by atoms with Gasteiger partial charge in [-0.1, -0.05) is 32.1 Å². The average Bonchev–Trinajstić information content (AvgIpc) is 3.15. The first kappa shape index (κ1) is 30.9. The molecule has 1 aliphatic heterocycles. The van der Waals surface area contributed by atoms with Crippen LogP contribution < -0.4 is 5.32 Å². The lowest BCUT2D eigenvalue weighted by Gasteiger charge is -2.33. The number of esters is 1. The van der Waals surface area contributed by atoms with E-state index in [0.29, 0.717) is 28.3 Å². The Bertz CT molecular complexity index is 1110. The van der Waals surface area contributed by atoms with Gasteiger partial charge in [-0.3, -0.25) is 4.79 Å². The second-order valence-corrected chi connectivity index (χ2v) is 9.66. The molecule has 0 bridgehead atoms. The summed E-state index contributed by atoms with van der Waals surface area (Å²) in [6.07, 6.45) is 1.69. The van der Waals surface area contributed by atoms with E-state index in [1.807, 2.05) is 13.8 Å². The second kappa shape index (κ2) is 13.2. The van der Waals surface area contributed by atoms with Crippen LogP contribution in [0, 0.1) is 5.82 Å². The Morgan fingerprint density at radius 3 is 2.39 bits per heavy atom. The number of fused-ring (bicyclic) bond motifs is 1. The number of halogens is 2. The number of alkyl halides is 1. The minimum atomic E-state index is -1.80. The first-order valence-electron chi connectivity index (χ1n) is 11.3. The molecule has 36 heavy (non-hydrogen) atoms. The largest absolute Gasteiger partial charge is 0.508 e. The zero-order chi connectivity index (χ0) is 27.7. The van der Waals surface area contributed by atoms with Gasteiger partial charge in [0.25, 0.3) is 5.91 Å². The molecule has 0 aromatic heterocycles. The fourth-order valence-electron chi connectivity index (χ4n) is 3.56. The number of aliphatic hydroxyl groups is 1. The van der Waals surface area contributed by atoms with E-state index >= 15 is 0 Å². The van der Waals surface area contributed by atoms with Crippen LogP contribution >= 0.6 is 11.6 Å². The number of allylic oxidation sites excluding steroid dienone is 2. The Morgan fingerprint density at radius 2 is 1.83 bits per heavy atom. The van der Waals surface area contributed by atoms with E-state index in [2.05, 4.69) is 18.5 Å². The van der Waals surface area contributed by atoms with Crippen molar-refractivity contribution in [2.75, 3.05) is 11.2 Å². The fraction of sp³-hybridized carbons (Fsp3) is 0.357. The monoisotopic (exact) mass is 519 g/mol. The highest BCUT2D eigenvalue weighted by atomic mass is 35.5. The molecule has 1 unspecified atom stereocenters. The Balaban J connectivity index is 0.000000709. The van der Waals surface area contributed by atoms with E-state index in [9.17, 15) is 24.2 Å². The number of hydrogen-bond acceptors (Lipinski definition) is 5. The van der Waals surface area contributed by atoms with Gasteiger partial charge >= 0.3 is 5.97 Å². The summed E-state index contributed by atoms with van der Waals surface area (Å²) in [5.74, 6) is -1.09. The smallest absolute Gasteiger partial charge is 0.338 e. The predicted octanol–water partition coefficient (Wildman–Crippen LogP) is 6.25. The van der Waals surface area contributed by atoms with Gasteiger partial charge in [-0.2, -0.15) is 0 Å². The molecule has 0 aliphatic carbocycles. The molecule has 196 valence electrons.